The number of aromatic nitrogens is 2. The number of hydrogen-bond acceptors (Lipinski definition) is 5. The molecular weight excluding hydrogens is 292 g/mol. The van der Waals surface area contributed by atoms with Gasteiger partial charge < -0.3 is 15.7 Å². The van der Waals surface area contributed by atoms with E-state index in [1.807, 2.05) is 19.9 Å². The molecule has 0 saturated carbocycles. The first-order valence-electron chi connectivity index (χ1n) is 7.69. The zero-order chi connectivity index (χ0) is 16.7. The van der Waals surface area contributed by atoms with Gasteiger partial charge in [-0.15, -0.1) is 0 Å². The Morgan fingerprint density at radius 1 is 1.26 bits per heavy atom. The molecule has 6 nitrogen and oxygen atoms in total. The highest BCUT2D eigenvalue weighted by Gasteiger charge is 2.18. The van der Waals surface area contributed by atoms with Crippen molar-refractivity contribution in [1.29, 1.82) is 0 Å². The van der Waals surface area contributed by atoms with Crippen LogP contribution in [0.3, 0.4) is 0 Å². The zero-order valence-corrected chi connectivity index (χ0v) is 13.4. The van der Waals surface area contributed by atoms with E-state index >= 15 is 0 Å². The third-order valence-electron chi connectivity index (χ3n) is 3.79. The molecule has 0 fully saturated rings. The first kappa shape index (κ1) is 16.9. The van der Waals surface area contributed by atoms with E-state index in [2.05, 4.69) is 20.6 Å². The minimum absolute atomic E-state index is 0.0729. The van der Waals surface area contributed by atoms with Gasteiger partial charge in [0.25, 0.3) is 5.91 Å². The number of aliphatic hydroxyl groups excluding tert-OH is 1. The predicted octanol–water partition coefficient (Wildman–Crippen LogP) is 2.36. The second-order valence-electron chi connectivity index (χ2n) is 5.43. The Balaban J connectivity index is 2.08. The minimum atomic E-state index is -0.249. The molecule has 2 aromatic rings. The molecule has 2 atom stereocenters. The van der Waals surface area contributed by atoms with Crippen molar-refractivity contribution in [3.63, 3.8) is 0 Å². The van der Waals surface area contributed by atoms with Gasteiger partial charge in [-0.1, -0.05) is 26.3 Å². The lowest BCUT2D eigenvalue weighted by atomic mass is 9.99. The number of nitrogens with one attached hydrogen (secondary N) is 2. The predicted molar refractivity (Wildman–Crippen MR) is 89.6 cm³/mol. The van der Waals surface area contributed by atoms with Gasteiger partial charge in [-0.05, 0) is 30.2 Å². The number of rotatable bonds is 7. The molecule has 1 aromatic heterocycles. The van der Waals surface area contributed by atoms with E-state index in [9.17, 15) is 9.90 Å². The monoisotopic (exact) mass is 314 g/mol. The lowest BCUT2D eigenvalue weighted by Crippen LogP contribution is -2.41. The molecule has 1 aromatic carbocycles. The maximum atomic E-state index is 12.4. The van der Waals surface area contributed by atoms with Gasteiger partial charge in [0.05, 0.1) is 12.6 Å². The highest BCUT2D eigenvalue weighted by molar-refractivity contribution is 5.95. The van der Waals surface area contributed by atoms with Gasteiger partial charge in [-0.3, -0.25) is 4.79 Å². The van der Waals surface area contributed by atoms with Crippen LogP contribution in [0, 0.1) is 5.92 Å². The number of anilines is 2. The van der Waals surface area contributed by atoms with Crippen molar-refractivity contribution in [2.45, 2.75) is 26.3 Å². The van der Waals surface area contributed by atoms with E-state index in [4.69, 9.17) is 0 Å². The Morgan fingerprint density at radius 3 is 2.65 bits per heavy atom. The number of nitrogens with zero attached hydrogens (tertiary/aromatic N) is 2. The number of hydrogen-bond donors (Lipinski definition) is 3. The highest BCUT2D eigenvalue weighted by atomic mass is 16.3. The van der Waals surface area contributed by atoms with Crippen molar-refractivity contribution in [3.8, 4) is 0 Å². The first-order valence-corrected chi connectivity index (χ1v) is 7.69. The Hall–Kier alpha value is -2.47. The van der Waals surface area contributed by atoms with E-state index in [1.54, 1.807) is 36.7 Å². The molecule has 2 rings (SSSR count). The van der Waals surface area contributed by atoms with Crippen LogP contribution in [0.4, 0.5) is 11.6 Å². The van der Waals surface area contributed by atoms with Crippen LogP contribution in [-0.4, -0.2) is 33.6 Å². The SMILES string of the molecule is CC[C@@H](C)[C@H](CO)NC(=O)c1cccc(Nc2ncccn2)c1. The lowest BCUT2D eigenvalue weighted by molar-refractivity contribution is 0.0891. The van der Waals surface area contributed by atoms with Gasteiger partial charge in [-0.25, -0.2) is 9.97 Å². The number of aliphatic hydroxyl groups is 1. The third-order valence-corrected chi connectivity index (χ3v) is 3.79. The number of carbonyl (C=O) groups is 1. The average Bonchev–Trinajstić information content (AvgIpc) is 2.60. The first-order chi connectivity index (χ1) is 11.1. The second kappa shape index (κ2) is 8.24. The summed E-state index contributed by atoms with van der Waals surface area (Å²) in [5.41, 5.74) is 1.25. The van der Waals surface area contributed by atoms with Gasteiger partial charge in [0.2, 0.25) is 5.95 Å². The summed E-state index contributed by atoms with van der Waals surface area (Å²) in [6.45, 7) is 3.96. The van der Waals surface area contributed by atoms with E-state index in [0.29, 0.717) is 11.5 Å². The molecule has 6 heteroatoms. The summed E-state index contributed by atoms with van der Waals surface area (Å²) in [7, 11) is 0. The molecule has 0 spiro atoms. The molecule has 0 bridgehead atoms. The standard InChI is InChI=1S/C17H22N4O2/c1-3-12(2)15(11-22)21-16(23)13-6-4-7-14(10-13)20-17-18-8-5-9-19-17/h4-10,12,15,22H,3,11H2,1-2H3,(H,21,23)(H,18,19,20)/t12-,15+/m1/s1. The van der Waals surface area contributed by atoms with Crippen molar-refractivity contribution in [2.24, 2.45) is 5.92 Å². The molecule has 122 valence electrons. The van der Waals surface area contributed by atoms with Crippen LogP contribution < -0.4 is 10.6 Å². The molecule has 3 N–H and O–H groups in total. The zero-order valence-electron chi connectivity index (χ0n) is 13.4. The second-order valence-corrected chi connectivity index (χ2v) is 5.43. The van der Waals surface area contributed by atoms with Crippen molar-refractivity contribution >= 4 is 17.5 Å². The summed E-state index contributed by atoms with van der Waals surface area (Å²) in [6, 6.07) is 8.58. The molecule has 0 radical (unpaired) electrons. The quantitative estimate of drug-likeness (QED) is 0.730. The minimum Gasteiger partial charge on any atom is -0.394 e. The fraction of sp³-hybridized carbons (Fsp3) is 0.353. The number of carbonyl (C=O) groups excluding carboxylic acids is 1. The van der Waals surface area contributed by atoms with Crippen LogP contribution in [0.15, 0.2) is 42.7 Å². The van der Waals surface area contributed by atoms with Crippen molar-refractivity contribution in [1.82, 2.24) is 15.3 Å². The highest BCUT2D eigenvalue weighted by Crippen LogP contribution is 2.15. The van der Waals surface area contributed by atoms with E-state index in [1.165, 1.54) is 0 Å². The Bertz CT molecular complexity index is 634. The number of amides is 1. The van der Waals surface area contributed by atoms with Crippen LogP contribution in [0.5, 0.6) is 0 Å². The topological polar surface area (TPSA) is 87.1 Å². The molecule has 1 heterocycles. The van der Waals surface area contributed by atoms with Crippen molar-refractivity contribution in [3.05, 3.63) is 48.3 Å². The summed E-state index contributed by atoms with van der Waals surface area (Å²) in [5, 5.41) is 15.4. The fourth-order valence-electron chi connectivity index (χ4n) is 2.14. The molecule has 0 aliphatic carbocycles. The Labute approximate surface area is 136 Å². The van der Waals surface area contributed by atoms with E-state index < -0.39 is 0 Å². The smallest absolute Gasteiger partial charge is 0.251 e. The van der Waals surface area contributed by atoms with Gasteiger partial charge in [0, 0.05) is 23.6 Å². The normalized spacial score (nSPS) is 13.2. The maximum Gasteiger partial charge on any atom is 0.251 e. The molecular formula is C17H22N4O2. The van der Waals surface area contributed by atoms with Crippen LogP contribution in [-0.2, 0) is 0 Å². The van der Waals surface area contributed by atoms with Crippen molar-refractivity contribution in [2.75, 3.05) is 11.9 Å². The largest absolute Gasteiger partial charge is 0.394 e. The molecule has 0 saturated heterocycles. The Morgan fingerprint density at radius 2 is 2.00 bits per heavy atom. The maximum absolute atomic E-state index is 12.4. The van der Waals surface area contributed by atoms with Crippen LogP contribution in [0.25, 0.3) is 0 Å². The van der Waals surface area contributed by atoms with Gasteiger partial charge in [0.15, 0.2) is 0 Å². The summed E-state index contributed by atoms with van der Waals surface area (Å²) in [4.78, 5) is 20.5. The molecule has 23 heavy (non-hydrogen) atoms. The average molecular weight is 314 g/mol. The summed E-state index contributed by atoms with van der Waals surface area (Å²) in [5.74, 6) is 0.475. The van der Waals surface area contributed by atoms with Crippen molar-refractivity contribution < 1.29 is 9.90 Å². The van der Waals surface area contributed by atoms with Gasteiger partial charge in [0.1, 0.15) is 0 Å². The van der Waals surface area contributed by atoms with Gasteiger partial charge in [-0.2, -0.15) is 0 Å². The van der Waals surface area contributed by atoms with Crippen LogP contribution in [0.1, 0.15) is 30.6 Å². The fourth-order valence-corrected chi connectivity index (χ4v) is 2.14. The molecule has 0 unspecified atom stereocenters. The lowest BCUT2D eigenvalue weighted by Gasteiger charge is -2.22. The molecule has 1 amide bonds. The van der Waals surface area contributed by atoms with Crippen LogP contribution in [0.2, 0.25) is 0 Å². The Kier molecular flexibility index (Phi) is 6.05. The molecule has 0 aliphatic heterocycles. The van der Waals surface area contributed by atoms with E-state index in [-0.39, 0.29) is 24.5 Å². The summed E-state index contributed by atoms with van der Waals surface area (Å²) in [6.07, 6.45) is 4.17. The summed E-state index contributed by atoms with van der Waals surface area (Å²) < 4.78 is 0. The molecule has 0 aliphatic rings. The third kappa shape index (κ3) is 4.75. The number of benzene rings is 1. The van der Waals surface area contributed by atoms with E-state index in [0.717, 1.165) is 12.1 Å². The van der Waals surface area contributed by atoms with Crippen LogP contribution >= 0.6 is 0 Å². The van der Waals surface area contributed by atoms with Gasteiger partial charge >= 0.3 is 0 Å². The summed E-state index contributed by atoms with van der Waals surface area (Å²) >= 11 is 0.